The third kappa shape index (κ3) is 4.31. The minimum Gasteiger partial charge on any atom is -0.465 e. The number of ether oxygens (including phenoxy) is 1. The lowest BCUT2D eigenvalue weighted by Crippen LogP contribution is -2.05. The van der Waals surface area contributed by atoms with Crippen LogP contribution in [0.1, 0.15) is 13.8 Å². The Hall–Kier alpha value is -1.12. The van der Waals surface area contributed by atoms with Crippen molar-refractivity contribution in [1.82, 2.24) is 0 Å². The van der Waals surface area contributed by atoms with Gasteiger partial charge in [-0.3, -0.25) is 4.99 Å². The predicted octanol–water partition coefficient (Wildman–Crippen LogP) is 1.19. The summed E-state index contributed by atoms with van der Waals surface area (Å²) < 4.78 is 4.41. The first-order valence-corrected chi connectivity index (χ1v) is 3.38. The van der Waals surface area contributed by atoms with E-state index in [-0.39, 0.29) is 11.6 Å². The standard InChI is InChI=1S/C8H13NO2/c1-6(2)9-5-7(3)8(10)11-4/h5-6H,3H2,1-2,4H3/b9-5-. The van der Waals surface area contributed by atoms with Crippen LogP contribution in [0.3, 0.4) is 0 Å². The Morgan fingerprint density at radius 2 is 2.18 bits per heavy atom. The molecule has 0 saturated heterocycles. The summed E-state index contributed by atoms with van der Waals surface area (Å²) in [7, 11) is 1.32. The highest BCUT2D eigenvalue weighted by Gasteiger charge is 2.01. The molecule has 0 heterocycles. The van der Waals surface area contributed by atoms with E-state index in [2.05, 4.69) is 16.3 Å². The van der Waals surface area contributed by atoms with Crippen molar-refractivity contribution in [2.75, 3.05) is 7.11 Å². The van der Waals surface area contributed by atoms with Crippen molar-refractivity contribution in [2.24, 2.45) is 4.99 Å². The molecule has 3 heteroatoms. The number of rotatable bonds is 3. The Bertz CT molecular complexity index is 183. The lowest BCUT2D eigenvalue weighted by atomic mass is 10.3. The summed E-state index contributed by atoms with van der Waals surface area (Å²) in [5, 5.41) is 0. The molecule has 0 aromatic carbocycles. The zero-order valence-corrected chi connectivity index (χ0v) is 7.13. The van der Waals surface area contributed by atoms with E-state index in [4.69, 9.17) is 0 Å². The highest BCUT2D eigenvalue weighted by Crippen LogP contribution is 1.91. The quantitative estimate of drug-likeness (QED) is 0.349. The zero-order chi connectivity index (χ0) is 8.85. The fraction of sp³-hybridized carbons (Fsp3) is 0.500. The van der Waals surface area contributed by atoms with E-state index < -0.39 is 5.97 Å². The lowest BCUT2D eigenvalue weighted by molar-refractivity contribution is -0.135. The fourth-order valence-corrected chi connectivity index (χ4v) is 0.423. The number of aliphatic imine (C=N–C) groups is 1. The minimum atomic E-state index is -0.436. The molecule has 0 rings (SSSR count). The smallest absolute Gasteiger partial charge is 0.338 e. The Kier molecular flexibility index (Phi) is 4.18. The Morgan fingerprint density at radius 1 is 1.64 bits per heavy atom. The molecule has 0 saturated carbocycles. The van der Waals surface area contributed by atoms with Gasteiger partial charge in [0.1, 0.15) is 0 Å². The number of methoxy groups -OCH3 is 1. The van der Waals surface area contributed by atoms with Gasteiger partial charge in [0.25, 0.3) is 0 Å². The molecule has 0 radical (unpaired) electrons. The predicted molar refractivity (Wildman–Crippen MR) is 44.8 cm³/mol. The molecule has 0 aromatic heterocycles. The van der Waals surface area contributed by atoms with Crippen LogP contribution < -0.4 is 0 Å². The number of carbonyl (C=O) groups excluding carboxylic acids is 1. The third-order valence-corrected chi connectivity index (χ3v) is 0.976. The van der Waals surface area contributed by atoms with Gasteiger partial charge < -0.3 is 4.74 Å². The largest absolute Gasteiger partial charge is 0.465 e. The van der Waals surface area contributed by atoms with Gasteiger partial charge in [-0.25, -0.2) is 4.79 Å². The molecule has 0 N–H and O–H groups in total. The fourth-order valence-electron chi connectivity index (χ4n) is 0.423. The maximum Gasteiger partial charge on any atom is 0.338 e. The molecular formula is C8H13NO2. The van der Waals surface area contributed by atoms with Gasteiger partial charge in [-0.2, -0.15) is 0 Å². The highest BCUT2D eigenvalue weighted by atomic mass is 16.5. The van der Waals surface area contributed by atoms with E-state index in [1.807, 2.05) is 13.8 Å². The van der Waals surface area contributed by atoms with E-state index in [0.717, 1.165) is 0 Å². The third-order valence-electron chi connectivity index (χ3n) is 0.976. The van der Waals surface area contributed by atoms with Crippen molar-refractivity contribution in [3.63, 3.8) is 0 Å². The van der Waals surface area contributed by atoms with Crippen molar-refractivity contribution in [1.29, 1.82) is 0 Å². The van der Waals surface area contributed by atoms with Crippen LogP contribution >= 0.6 is 0 Å². The van der Waals surface area contributed by atoms with Crippen LogP contribution in [0.5, 0.6) is 0 Å². The van der Waals surface area contributed by atoms with E-state index >= 15 is 0 Å². The topological polar surface area (TPSA) is 38.7 Å². The molecule has 0 aliphatic heterocycles. The molecule has 0 aliphatic carbocycles. The summed E-state index contributed by atoms with van der Waals surface area (Å²) in [6.07, 6.45) is 1.43. The molecule has 11 heavy (non-hydrogen) atoms. The van der Waals surface area contributed by atoms with Gasteiger partial charge in [0.05, 0.1) is 12.7 Å². The first kappa shape index (κ1) is 9.88. The van der Waals surface area contributed by atoms with E-state index in [1.54, 1.807) is 0 Å². The monoisotopic (exact) mass is 155 g/mol. The Balaban J connectivity index is 3.97. The van der Waals surface area contributed by atoms with Gasteiger partial charge >= 0.3 is 5.97 Å². The van der Waals surface area contributed by atoms with E-state index in [9.17, 15) is 4.79 Å². The minimum absolute atomic E-state index is 0.177. The van der Waals surface area contributed by atoms with Gasteiger partial charge in [-0.05, 0) is 13.8 Å². The number of hydrogen-bond acceptors (Lipinski definition) is 3. The SMILES string of the molecule is C=C(/C=N\C(C)C)C(=O)OC. The lowest BCUT2D eigenvalue weighted by Gasteiger charge is -1.97. The number of carbonyl (C=O) groups is 1. The average Bonchev–Trinajstić information content (AvgIpc) is 1.98. The molecule has 0 spiro atoms. The van der Waals surface area contributed by atoms with Gasteiger partial charge in [-0.15, -0.1) is 0 Å². The van der Waals surface area contributed by atoms with Crippen molar-refractivity contribution in [3.8, 4) is 0 Å². The van der Waals surface area contributed by atoms with Crippen molar-refractivity contribution in [3.05, 3.63) is 12.2 Å². The second kappa shape index (κ2) is 4.66. The number of nitrogens with zero attached hydrogens (tertiary/aromatic N) is 1. The first-order chi connectivity index (χ1) is 5.07. The summed E-state index contributed by atoms with van der Waals surface area (Å²) in [5.41, 5.74) is 0.279. The molecule has 0 amide bonds. The van der Waals surface area contributed by atoms with Crippen LogP contribution in [0.25, 0.3) is 0 Å². The molecule has 0 bridgehead atoms. The van der Waals surface area contributed by atoms with Crippen LogP contribution in [-0.2, 0) is 9.53 Å². The van der Waals surface area contributed by atoms with E-state index in [1.165, 1.54) is 13.3 Å². The second-order valence-electron chi connectivity index (χ2n) is 2.39. The van der Waals surface area contributed by atoms with Crippen LogP contribution in [0.15, 0.2) is 17.1 Å². The summed E-state index contributed by atoms with van der Waals surface area (Å²) in [4.78, 5) is 14.7. The summed E-state index contributed by atoms with van der Waals surface area (Å²) in [6, 6.07) is 0.177. The molecule has 0 unspecified atom stereocenters. The van der Waals surface area contributed by atoms with Crippen LogP contribution in [-0.4, -0.2) is 25.3 Å². The molecule has 0 aliphatic rings. The average molecular weight is 155 g/mol. The van der Waals surface area contributed by atoms with Crippen LogP contribution in [0, 0.1) is 0 Å². The van der Waals surface area contributed by atoms with Crippen molar-refractivity contribution in [2.45, 2.75) is 19.9 Å². The number of esters is 1. The van der Waals surface area contributed by atoms with Crippen molar-refractivity contribution < 1.29 is 9.53 Å². The second-order valence-corrected chi connectivity index (χ2v) is 2.39. The summed E-state index contributed by atoms with van der Waals surface area (Å²) in [6.45, 7) is 7.31. The first-order valence-electron chi connectivity index (χ1n) is 3.38. The Labute approximate surface area is 66.8 Å². The van der Waals surface area contributed by atoms with Crippen molar-refractivity contribution >= 4 is 12.2 Å². The highest BCUT2D eigenvalue weighted by molar-refractivity contribution is 6.08. The van der Waals surface area contributed by atoms with Gasteiger partial charge in [-0.1, -0.05) is 6.58 Å². The Morgan fingerprint density at radius 3 is 2.55 bits per heavy atom. The van der Waals surface area contributed by atoms with Crippen LogP contribution in [0.2, 0.25) is 0 Å². The maximum absolute atomic E-state index is 10.7. The molecular weight excluding hydrogens is 142 g/mol. The van der Waals surface area contributed by atoms with Crippen LogP contribution in [0.4, 0.5) is 0 Å². The summed E-state index contributed by atoms with van der Waals surface area (Å²) in [5.74, 6) is -0.436. The maximum atomic E-state index is 10.7. The molecule has 0 aromatic rings. The molecule has 3 nitrogen and oxygen atoms in total. The zero-order valence-electron chi connectivity index (χ0n) is 7.13. The molecule has 0 atom stereocenters. The van der Waals surface area contributed by atoms with Gasteiger partial charge in [0.2, 0.25) is 0 Å². The molecule has 0 fully saturated rings. The molecule has 62 valence electrons. The van der Waals surface area contributed by atoms with E-state index in [0.29, 0.717) is 0 Å². The number of hydrogen-bond donors (Lipinski definition) is 0. The van der Waals surface area contributed by atoms with Gasteiger partial charge in [0, 0.05) is 12.3 Å². The summed E-state index contributed by atoms with van der Waals surface area (Å²) >= 11 is 0. The van der Waals surface area contributed by atoms with Gasteiger partial charge in [0.15, 0.2) is 0 Å². The normalized spacial score (nSPS) is 10.5.